The van der Waals surface area contributed by atoms with Crippen molar-refractivity contribution in [3.63, 3.8) is 0 Å². The Morgan fingerprint density at radius 2 is 2.03 bits per heavy atom. The predicted molar refractivity (Wildman–Crippen MR) is 140 cm³/mol. The average Bonchev–Trinajstić information content (AvgIpc) is 3.36. The van der Waals surface area contributed by atoms with Gasteiger partial charge in [0.1, 0.15) is 15.8 Å². The second kappa shape index (κ2) is 10.4. The molecule has 8 heteroatoms. The molecule has 0 aliphatic carbocycles. The number of ether oxygens (including phenoxy) is 1. The molecule has 1 aliphatic rings. The summed E-state index contributed by atoms with van der Waals surface area (Å²) in [4.78, 5) is 15.0. The highest BCUT2D eigenvalue weighted by atomic mass is 35.5. The van der Waals surface area contributed by atoms with Gasteiger partial charge in [-0.05, 0) is 42.8 Å². The van der Waals surface area contributed by atoms with Crippen LogP contribution in [0.5, 0.6) is 5.75 Å². The Bertz CT molecular complexity index is 1240. The molecule has 168 valence electrons. The summed E-state index contributed by atoms with van der Waals surface area (Å²) in [5, 5.41) is 5.33. The monoisotopic (exact) mass is 495 g/mol. The average molecular weight is 496 g/mol. The highest BCUT2D eigenvalue weighted by Gasteiger charge is 2.31. The van der Waals surface area contributed by atoms with Crippen LogP contribution in [0, 0.1) is 0 Å². The van der Waals surface area contributed by atoms with E-state index < -0.39 is 0 Å². The minimum atomic E-state index is -0.135. The number of hydrogen-bond donors (Lipinski definition) is 0. The third-order valence-corrected chi connectivity index (χ3v) is 6.58. The second-order valence-corrected chi connectivity index (χ2v) is 9.37. The number of rotatable bonds is 8. The number of halogens is 1. The molecule has 0 unspecified atom stereocenters. The summed E-state index contributed by atoms with van der Waals surface area (Å²) < 4.78 is 8.01. The van der Waals surface area contributed by atoms with Gasteiger partial charge in [0, 0.05) is 23.9 Å². The van der Waals surface area contributed by atoms with E-state index in [1.807, 2.05) is 67.7 Å². The van der Waals surface area contributed by atoms with Crippen LogP contribution in [0.4, 0.5) is 0 Å². The summed E-state index contributed by atoms with van der Waals surface area (Å²) in [7, 11) is 0. The van der Waals surface area contributed by atoms with Gasteiger partial charge in [-0.25, -0.2) is 4.68 Å². The van der Waals surface area contributed by atoms with E-state index in [0.717, 1.165) is 23.2 Å². The Kier molecular flexibility index (Phi) is 7.33. The molecule has 0 spiro atoms. The van der Waals surface area contributed by atoms with Crippen molar-refractivity contribution in [1.82, 2.24) is 14.7 Å². The Balaban J connectivity index is 1.78. The van der Waals surface area contributed by atoms with Crippen molar-refractivity contribution in [2.24, 2.45) is 0 Å². The number of carbonyl (C=O) groups is 1. The number of amides is 1. The van der Waals surface area contributed by atoms with Gasteiger partial charge in [0.15, 0.2) is 0 Å². The predicted octanol–water partition coefficient (Wildman–Crippen LogP) is 6.37. The normalized spacial score (nSPS) is 14.8. The van der Waals surface area contributed by atoms with E-state index in [2.05, 4.69) is 6.58 Å². The van der Waals surface area contributed by atoms with Crippen molar-refractivity contribution >= 4 is 51.9 Å². The molecule has 33 heavy (non-hydrogen) atoms. The van der Waals surface area contributed by atoms with Crippen LogP contribution in [-0.4, -0.2) is 38.1 Å². The Hall–Kier alpha value is -2.87. The summed E-state index contributed by atoms with van der Waals surface area (Å²) in [6.07, 6.45) is 6.30. The Morgan fingerprint density at radius 1 is 1.24 bits per heavy atom. The highest BCUT2D eigenvalue weighted by Crippen LogP contribution is 2.36. The number of carbonyl (C=O) groups excluding carboxylic acids is 1. The molecule has 0 radical (unpaired) electrons. The fourth-order valence-corrected chi connectivity index (χ4v) is 4.84. The number of aromatic nitrogens is 2. The van der Waals surface area contributed by atoms with Crippen molar-refractivity contribution in [2.45, 2.75) is 13.3 Å². The molecule has 1 fully saturated rings. The fourth-order valence-electron chi connectivity index (χ4n) is 3.34. The lowest BCUT2D eigenvalue weighted by Gasteiger charge is -2.10. The quantitative estimate of drug-likeness (QED) is 0.206. The van der Waals surface area contributed by atoms with Gasteiger partial charge >= 0.3 is 0 Å². The standard InChI is InChI=1S/C25H22ClN3O2S2/c1-3-12-28-24(30)22(33-25(28)32)15-18-16-29(19-8-6-5-7-9-19)27-23(18)17-10-11-21(20(26)14-17)31-13-4-2/h3,5-11,14-16H,1,4,12-13H2,2H3/b22-15-. The maximum Gasteiger partial charge on any atom is 0.266 e. The van der Waals surface area contributed by atoms with Gasteiger partial charge in [-0.2, -0.15) is 5.10 Å². The summed E-state index contributed by atoms with van der Waals surface area (Å²) >= 11 is 13.1. The first-order valence-corrected chi connectivity index (χ1v) is 12.1. The second-order valence-electron chi connectivity index (χ2n) is 7.29. The number of para-hydroxylation sites is 1. The van der Waals surface area contributed by atoms with Crippen LogP contribution in [0.1, 0.15) is 18.9 Å². The minimum absolute atomic E-state index is 0.135. The first kappa shape index (κ1) is 23.3. The Labute approximate surface area is 207 Å². The molecule has 1 saturated heterocycles. The third kappa shape index (κ3) is 5.05. The number of thioether (sulfide) groups is 1. The van der Waals surface area contributed by atoms with Crippen LogP contribution in [0.3, 0.4) is 0 Å². The van der Waals surface area contributed by atoms with E-state index in [-0.39, 0.29) is 5.91 Å². The highest BCUT2D eigenvalue weighted by molar-refractivity contribution is 8.26. The number of nitrogens with zero attached hydrogens (tertiary/aromatic N) is 3. The minimum Gasteiger partial charge on any atom is -0.492 e. The molecule has 2 aromatic carbocycles. The van der Waals surface area contributed by atoms with Crippen molar-refractivity contribution in [3.05, 3.63) is 82.9 Å². The van der Waals surface area contributed by atoms with E-state index >= 15 is 0 Å². The van der Waals surface area contributed by atoms with E-state index in [1.165, 1.54) is 16.7 Å². The van der Waals surface area contributed by atoms with Crippen molar-refractivity contribution in [1.29, 1.82) is 0 Å². The molecule has 1 aliphatic heterocycles. The molecule has 2 heterocycles. The van der Waals surface area contributed by atoms with E-state index in [0.29, 0.717) is 38.8 Å². The zero-order chi connectivity index (χ0) is 23.4. The molecule has 4 rings (SSSR count). The van der Waals surface area contributed by atoms with Crippen LogP contribution >= 0.6 is 35.6 Å². The van der Waals surface area contributed by atoms with Gasteiger partial charge in [-0.15, -0.1) is 6.58 Å². The molecule has 1 aromatic heterocycles. The van der Waals surface area contributed by atoms with Gasteiger partial charge in [0.05, 0.1) is 22.2 Å². The molecule has 0 atom stereocenters. The maximum atomic E-state index is 12.9. The Morgan fingerprint density at radius 3 is 2.73 bits per heavy atom. The van der Waals surface area contributed by atoms with Crippen molar-refractivity contribution < 1.29 is 9.53 Å². The fraction of sp³-hybridized carbons (Fsp3) is 0.160. The summed E-state index contributed by atoms with van der Waals surface area (Å²) in [6.45, 7) is 6.73. The molecule has 0 saturated carbocycles. The molecular weight excluding hydrogens is 474 g/mol. The topological polar surface area (TPSA) is 47.4 Å². The van der Waals surface area contributed by atoms with Gasteiger partial charge in [0.25, 0.3) is 5.91 Å². The first-order valence-electron chi connectivity index (χ1n) is 10.5. The molecule has 0 bridgehead atoms. The van der Waals surface area contributed by atoms with Crippen LogP contribution in [0.15, 0.2) is 72.3 Å². The number of hydrogen-bond acceptors (Lipinski definition) is 5. The number of benzene rings is 2. The van der Waals surface area contributed by atoms with E-state index in [9.17, 15) is 4.79 Å². The van der Waals surface area contributed by atoms with Crippen molar-refractivity contribution in [2.75, 3.05) is 13.2 Å². The van der Waals surface area contributed by atoms with Gasteiger partial charge in [-0.3, -0.25) is 9.69 Å². The van der Waals surface area contributed by atoms with Crippen LogP contribution in [-0.2, 0) is 4.79 Å². The zero-order valence-electron chi connectivity index (χ0n) is 18.0. The SMILES string of the molecule is C=CCN1C(=O)/C(=C/c2cn(-c3ccccc3)nc2-c2ccc(OCCC)c(Cl)c2)SC1=S. The first-order chi connectivity index (χ1) is 16.0. The maximum absolute atomic E-state index is 12.9. The van der Waals surface area contributed by atoms with Gasteiger partial charge in [-0.1, -0.05) is 66.8 Å². The van der Waals surface area contributed by atoms with Crippen LogP contribution < -0.4 is 4.74 Å². The largest absolute Gasteiger partial charge is 0.492 e. The van der Waals surface area contributed by atoms with Crippen molar-refractivity contribution in [3.8, 4) is 22.7 Å². The third-order valence-electron chi connectivity index (χ3n) is 4.90. The number of thiocarbonyl (C=S) groups is 1. The molecule has 1 amide bonds. The molecule has 0 N–H and O–H groups in total. The lowest BCUT2D eigenvalue weighted by atomic mass is 10.1. The smallest absolute Gasteiger partial charge is 0.266 e. The van der Waals surface area contributed by atoms with Crippen LogP contribution in [0.2, 0.25) is 5.02 Å². The van der Waals surface area contributed by atoms with Crippen LogP contribution in [0.25, 0.3) is 23.0 Å². The van der Waals surface area contributed by atoms with E-state index in [4.69, 9.17) is 33.7 Å². The lowest BCUT2D eigenvalue weighted by Crippen LogP contribution is -2.27. The summed E-state index contributed by atoms with van der Waals surface area (Å²) in [5.74, 6) is 0.501. The van der Waals surface area contributed by atoms with E-state index in [1.54, 1.807) is 10.8 Å². The summed E-state index contributed by atoms with van der Waals surface area (Å²) in [5.41, 5.74) is 3.23. The zero-order valence-corrected chi connectivity index (χ0v) is 20.4. The molecular formula is C25H22ClN3O2S2. The summed E-state index contributed by atoms with van der Waals surface area (Å²) in [6, 6.07) is 15.4. The molecule has 5 nitrogen and oxygen atoms in total. The molecule has 3 aromatic rings. The van der Waals surface area contributed by atoms with Gasteiger partial charge in [0.2, 0.25) is 0 Å². The van der Waals surface area contributed by atoms with Gasteiger partial charge < -0.3 is 4.74 Å². The lowest BCUT2D eigenvalue weighted by molar-refractivity contribution is -0.121.